The Morgan fingerprint density at radius 2 is 1.74 bits per heavy atom. The van der Waals surface area contributed by atoms with Gasteiger partial charge < -0.3 is 19.3 Å². The number of likely N-dealkylation sites (tertiary alicyclic amines) is 1. The molecule has 2 fully saturated rings. The third-order valence-electron chi connectivity index (χ3n) is 6.98. The number of esters is 1. The minimum Gasteiger partial charge on any atom is -0.465 e. The molecule has 1 aromatic heterocycles. The number of hydrogen-bond donors (Lipinski definition) is 0. The van der Waals surface area contributed by atoms with Crippen molar-refractivity contribution in [3.8, 4) is 0 Å². The lowest BCUT2D eigenvalue weighted by molar-refractivity contribution is -0.141. The maximum atomic E-state index is 13.6. The van der Waals surface area contributed by atoms with Crippen LogP contribution in [0.2, 0.25) is 0 Å². The van der Waals surface area contributed by atoms with Crippen LogP contribution in [0.3, 0.4) is 0 Å². The highest BCUT2D eigenvalue weighted by Crippen LogP contribution is 2.32. The summed E-state index contributed by atoms with van der Waals surface area (Å²) in [5, 5.41) is 0. The zero-order valence-corrected chi connectivity index (χ0v) is 21.6. The summed E-state index contributed by atoms with van der Waals surface area (Å²) < 4.78 is 51.1. The van der Waals surface area contributed by atoms with E-state index in [1.54, 1.807) is 23.6 Å². The van der Waals surface area contributed by atoms with Crippen LogP contribution >= 0.6 is 0 Å². The molecule has 2 saturated heterocycles. The lowest BCUT2D eigenvalue weighted by atomic mass is 10.1. The number of rotatable bonds is 5. The van der Waals surface area contributed by atoms with Crippen molar-refractivity contribution < 1.29 is 32.2 Å². The monoisotopic (exact) mass is 535 g/mol. The number of ether oxygens (including phenoxy) is 2. The van der Waals surface area contributed by atoms with Crippen molar-refractivity contribution in [2.24, 2.45) is 0 Å². The molecule has 2 aliphatic rings. The van der Waals surface area contributed by atoms with Gasteiger partial charge in [0.2, 0.25) is 5.95 Å². The minimum absolute atomic E-state index is 0.164. The molecule has 0 aliphatic carbocycles. The number of nitrogens with zero attached hydrogens (tertiary/aromatic N) is 5. The molecule has 0 saturated carbocycles. The molecule has 38 heavy (non-hydrogen) atoms. The Labute approximate surface area is 219 Å². The zero-order valence-electron chi connectivity index (χ0n) is 21.6. The summed E-state index contributed by atoms with van der Waals surface area (Å²) in [7, 11) is 0.993. The average molecular weight is 536 g/mol. The average Bonchev–Trinajstić information content (AvgIpc) is 2.90. The van der Waals surface area contributed by atoms with Crippen molar-refractivity contribution >= 4 is 18.0 Å². The maximum Gasteiger partial charge on any atom is 0.434 e. The molecule has 0 bridgehead atoms. The van der Waals surface area contributed by atoms with Crippen molar-refractivity contribution in [3.63, 3.8) is 0 Å². The summed E-state index contributed by atoms with van der Waals surface area (Å²) in [4.78, 5) is 38.0. The number of amides is 1. The van der Waals surface area contributed by atoms with Crippen LogP contribution in [0.15, 0.2) is 36.5 Å². The maximum absolute atomic E-state index is 13.6. The van der Waals surface area contributed by atoms with Gasteiger partial charge in [-0.1, -0.05) is 30.3 Å². The summed E-state index contributed by atoms with van der Waals surface area (Å²) in [6.45, 7) is 6.53. The summed E-state index contributed by atoms with van der Waals surface area (Å²) in [6, 6.07) is 9.49. The van der Waals surface area contributed by atoms with E-state index in [1.807, 2.05) is 18.2 Å². The molecule has 12 heteroatoms. The van der Waals surface area contributed by atoms with E-state index in [0.29, 0.717) is 0 Å². The third-order valence-corrected chi connectivity index (χ3v) is 6.98. The van der Waals surface area contributed by atoms with E-state index in [1.165, 1.54) is 5.56 Å². The molecule has 1 aromatic carbocycles. The molecule has 0 spiro atoms. The van der Waals surface area contributed by atoms with Crippen LogP contribution in [-0.4, -0.2) is 83.3 Å². The van der Waals surface area contributed by atoms with Crippen LogP contribution in [0.25, 0.3) is 0 Å². The highest BCUT2D eigenvalue weighted by molar-refractivity contribution is 5.90. The van der Waals surface area contributed by atoms with Gasteiger partial charge in [-0.3, -0.25) is 4.90 Å². The summed E-state index contributed by atoms with van der Waals surface area (Å²) in [5.41, 5.74) is -0.856. The first-order valence-electron chi connectivity index (χ1n) is 12.6. The van der Waals surface area contributed by atoms with Crippen molar-refractivity contribution in [2.45, 2.75) is 57.6 Å². The molecule has 0 radical (unpaired) electrons. The van der Waals surface area contributed by atoms with Crippen LogP contribution in [0.1, 0.15) is 48.3 Å². The molecule has 9 nitrogen and oxygen atoms in total. The lowest BCUT2D eigenvalue weighted by Gasteiger charge is -2.44. The highest BCUT2D eigenvalue weighted by Gasteiger charge is 2.41. The van der Waals surface area contributed by atoms with E-state index >= 15 is 0 Å². The molecule has 206 valence electrons. The molecule has 1 amide bonds. The predicted molar refractivity (Wildman–Crippen MR) is 133 cm³/mol. The molecular weight excluding hydrogens is 503 g/mol. The molecule has 0 unspecified atom stereocenters. The van der Waals surface area contributed by atoms with E-state index < -0.39 is 29.5 Å². The molecule has 3 heterocycles. The van der Waals surface area contributed by atoms with Gasteiger partial charge in [-0.15, -0.1) is 0 Å². The third kappa shape index (κ3) is 6.35. The van der Waals surface area contributed by atoms with Crippen molar-refractivity contribution in [2.75, 3.05) is 38.2 Å². The number of hydrogen-bond acceptors (Lipinski definition) is 8. The number of halogens is 3. The Morgan fingerprint density at radius 3 is 2.37 bits per heavy atom. The predicted octanol–water partition coefficient (Wildman–Crippen LogP) is 3.98. The van der Waals surface area contributed by atoms with Crippen LogP contribution in [-0.2, 0) is 22.2 Å². The van der Waals surface area contributed by atoms with Crippen LogP contribution < -0.4 is 4.90 Å². The Balaban J connectivity index is 1.35. The number of aromatic nitrogens is 2. The van der Waals surface area contributed by atoms with Crippen molar-refractivity contribution in [3.05, 3.63) is 53.3 Å². The van der Waals surface area contributed by atoms with E-state index in [-0.39, 0.29) is 37.2 Å². The van der Waals surface area contributed by atoms with Crippen molar-refractivity contribution in [1.29, 1.82) is 0 Å². The van der Waals surface area contributed by atoms with Crippen molar-refractivity contribution in [1.82, 2.24) is 19.8 Å². The molecule has 2 atom stereocenters. The number of piperazine rings is 1. The normalized spacial score (nSPS) is 21.3. The van der Waals surface area contributed by atoms with Gasteiger partial charge in [-0.05, 0) is 32.3 Å². The van der Waals surface area contributed by atoms with Gasteiger partial charge in [0.1, 0.15) is 11.7 Å². The second-order valence-corrected chi connectivity index (χ2v) is 9.77. The number of benzene rings is 1. The fourth-order valence-electron chi connectivity index (χ4n) is 4.88. The lowest BCUT2D eigenvalue weighted by Crippen LogP contribution is -2.59. The van der Waals surface area contributed by atoms with Gasteiger partial charge in [0.25, 0.3) is 0 Å². The van der Waals surface area contributed by atoms with Gasteiger partial charge in [0, 0.05) is 51.0 Å². The Kier molecular flexibility index (Phi) is 8.39. The van der Waals surface area contributed by atoms with Crippen LogP contribution in [0.4, 0.5) is 23.9 Å². The van der Waals surface area contributed by atoms with Gasteiger partial charge in [-0.2, -0.15) is 13.2 Å². The number of carbonyl (C=O) groups is 2. The summed E-state index contributed by atoms with van der Waals surface area (Å²) in [5.74, 6) is -1.33. The van der Waals surface area contributed by atoms with E-state index in [0.717, 1.165) is 45.8 Å². The topological polar surface area (TPSA) is 88.1 Å². The second-order valence-electron chi connectivity index (χ2n) is 9.77. The fourth-order valence-corrected chi connectivity index (χ4v) is 4.88. The molecule has 0 N–H and O–H groups in total. The summed E-state index contributed by atoms with van der Waals surface area (Å²) in [6.07, 6.45) is -3.16. The fraction of sp³-hybridized carbons (Fsp3) is 0.538. The smallest absolute Gasteiger partial charge is 0.434 e. The molecule has 2 aliphatic heterocycles. The Hall–Kier alpha value is -3.41. The molecule has 4 rings (SSSR count). The molecule has 2 aromatic rings. The van der Waals surface area contributed by atoms with E-state index in [4.69, 9.17) is 4.74 Å². The first-order chi connectivity index (χ1) is 18.1. The van der Waals surface area contributed by atoms with Crippen LogP contribution in [0.5, 0.6) is 0 Å². The summed E-state index contributed by atoms with van der Waals surface area (Å²) >= 11 is 0. The quantitative estimate of drug-likeness (QED) is 0.532. The standard InChI is InChI=1S/C26H32F3N5O4/c1-17-15-34(25(36)38-20-9-11-32(12-10-20)16-19-7-5-4-6-8-19)18(2)14-33(17)24-30-13-21(23(35)37-3)22(31-24)26(27,28)29/h4-8,13,17-18,20H,9-12,14-16H2,1-3H3/t17-,18+/m0/s1. The van der Waals surface area contributed by atoms with Gasteiger partial charge in [0.05, 0.1) is 7.11 Å². The number of alkyl halides is 3. The first kappa shape index (κ1) is 27.6. The van der Waals surface area contributed by atoms with Gasteiger partial charge in [0.15, 0.2) is 5.69 Å². The van der Waals surface area contributed by atoms with Gasteiger partial charge >= 0.3 is 18.2 Å². The first-order valence-corrected chi connectivity index (χ1v) is 12.6. The number of carbonyl (C=O) groups excluding carboxylic acids is 2. The molecular formula is C26H32F3N5O4. The number of anilines is 1. The number of methoxy groups -OCH3 is 1. The SMILES string of the molecule is COC(=O)c1cnc(N2C[C@@H](C)N(C(=O)OC3CCN(Cc4ccccc4)CC3)C[C@@H]2C)nc1C(F)(F)F. The van der Waals surface area contributed by atoms with Crippen LogP contribution in [0, 0.1) is 0 Å². The van der Waals surface area contributed by atoms with E-state index in [9.17, 15) is 22.8 Å². The highest BCUT2D eigenvalue weighted by atomic mass is 19.4. The Bertz CT molecular complexity index is 1130. The zero-order chi connectivity index (χ0) is 27.4. The Morgan fingerprint density at radius 1 is 1.05 bits per heavy atom. The largest absolute Gasteiger partial charge is 0.465 e. The van der Waals surface area contributed by atoms with Gasteiger partial charge in [-0.25, -0.2) is 19.6 Å². The second kappa shape index (κ2) is 11.5. The minimum atomic E-state index is -4.86. The van der Waals surface area contributed by atoms with E-state index in [2.05, 4.69) is 31.7 Å². The number of piperidine rings is 1.